The monoisotopic (exact) mass is 224 g/mol. The Morgan fingerprint density at radius 3 is 3.00 bits per heavy atom. The van der Waals surface area contributed by atoms with Gasteiger partial charge in [0, 0.05) is 23.0 Å². The van der Waals surface area contributed by atoms with Gasteiger partial charge < -0.3 is 5.73 Å². The molecule has 2 atom stereocenters. The number of nitrogens with two attached hydrogens (primary N) is 1. The first-order valence-corrected chi connectivity index (χ1v) is 6.69. The van der Waals surface area contributed by atoms with Crippen LogP contribution in [0.25, 0.3) is 0 Å². The van der Waals surface area contributed by atoms with E-state index in [1.165, 1.54) is 30.7 Å². The zero-order valence-corrected chi connectivity index (χ0v) is 10.4. The molecule has 84 valence electrons. The summed E-state index contributed by atoms with van der Waals surface area (Å²) in [4.78, 5) is 4.51. The van der Waals surface area contributed by atoms with E-state index in [2.05, 4.69) is 17.3 Å². The zero-order chi connectivity index (χ0) is 10.9. The second kappa shape index (κ2) is 4.22. The molecule has 2 rings (SSSR count). The highest BCUT2D eigenvalue weighted by molar-refractivity contribution is 7.09. The molecular weight excluding hydrogens is 204 g/mol. The molecule has 1 aliphatic rings. The second-order valence-electron chi connectivity index (χ2n) is 4.94. The largest absolute Gasteiger partial charge is 0.325 e. The number of hydrogen-bond acceptors (Lipinski definition) is 3. The van der Waals surface area contributed by atoms with Crippen molar-refractivity contribution in [3.63, 3.8) is 0 Å². The van der Waals surface area contributed by atoms with Gasteiger partial charge >= 0.3 is 0 Å². The molecule has 2 unspecified atom stereocenters. The first kappa shape index (κ1) is 11.1. The van der Waals surface area contributed by atoms with E-state index < -0.39 is 0 Å². The lowest BCUT2D eigenvalue weighted by molar-refractivity contribution is 0.406. The van der Waals surface area contributed by atoms with E-state index >= 15 is 0 Å². The summed E-state index contributed by atoms with van der Waals surface area (Å²) >= 11 is 1.75. The third-order valence-corrected chi connectivity index (χ3v) is 4.46. The summed E-state index contributed by atoms with van der Waals surface area (Å²) in [5, 5.41) is 3.33. The molecule has 3 heteroatoms. The van der Waals surface area contributed by atoms with Crippen LogP contribution in [0, 0.1) is 12.8 Å². The number of aryl methyl sites for hydroxylation is 1. The van der Waals surface area contributed by atoms with Crippen molar-refractivity contribution in [3.8, 4) is 0 Å². The van der Waals surface area contributed by atoms with Crippen molar-refractivity contribution in [1.29, 1.82) is 0 Å². The Balaban J connectivity index is 2.00. The first-order valence-electron chi connectivity index (χ1n) is 5.81. The molecule has 2 N–H and O–H groups in total. The molecule has 0 saturated heterocycles. The van der Waals surface area contributed by atoms with Gasteiger partial charge in [0.05, 0.1) is 5.01 Å². The lowest BCUT2D eigenvalue weighted by atomic mass is 9.93. The molecule has 0 radical (unpaired) electrons. The summed E-state index contributed by atoms with van der Waals surface area (Å²) in [6, 6.07) is 0. The number of aromatic nitrogens is 1. The second-order valence-corrected chi connectivity index (χ2v) is 5.88. The number of nitrogens with zero attached hydrogens (tertiary/aromatic N) is 1. The maximum Gasteiger partial charge on any atom is 0.0946 e. The Morgan fingerprint density at radius 1 is 1.67 bits per heavy atom. The molecule has 1 aromatic heterocycles. The highest BCUT2D eigenvalue weighted by atomic mass is 32.1. The third kappa shape index (κ3) is 2.58. The number of hydrogen-bond donors (Lipinski definition) is 1. The lowest BCUT2D eigenvalue weighted by Gasteiger charge is -2.22. The maximum atomic E-state index is 6.43. The summed E-state index contributed by atoms with van der Waals surface area (Å²) in [7, 11) is 0. The van der Waals surface area contributed by atoms with Gasteiger partial charge in [-0.3, -0.25) is 0 Å². The lowest BCUT2D eigenvalue weighted by Crippen LogP contribution is -2.39. The van der Waals surface area contributed by atoms with E-state index in [0.29, 0.717) is 0 Å². The van der Waals surface area contributed by atoms with Gasteiger partial charge in [-0.1, -0.05) is 13.3 Å². The van der Waals surface area contributed by atoms with Crippen molar-refractivity contribution < 1.29 is 0 Å². The average Bonchev–Trinajstić information content (AvgIpc) is 2.74. The molecular formula is C12H20N2S. The van der Waals surface area contributed by atoms with E-state index in [4.69, 9.17) is 5.73 Å². The van der Waals surface area contributed by atoms with Crippen LogP contribution in [0.1, 0.15) is 43.3 Å². The van der Waals surface area contributed by atoms with E-state index in [-0.39, 0.29) is 5.54 Å². The number of thiazole rings is 1. The van der Waals surface area contributed by atoms with Gasteiger partial charge in [0.15, 0.2) is 0 Å². The molecule has 0 aliphatic heterocycles. The van der Waals surface area contributed by atoms with Crippen LogP contribution in [0.3, 0.4) is 0 Å². The van der Waals surface area contributed by atoms with Gasteiger partial charge in [-0.25, -0.2) is 4.98 Å². The van der Waals surface area contributed by atoms with Crippen LogP contribution in [0.4, 0.5) is 0 Å². The van der Waals surface area contributed by atoms with Crippen molar-refractivity contribution in [1.82, 2.24) is 4.98 Å². The third-order valence-electron chi connectivity index (χ3n) is 3.49. The topological polar surface area (TPSA) is 38.9 Å². The van der Waals surface area contributed by atoms with Crippen molar-refractivity contribution in [3.05, 3.63) is 16.1 Å². The van der Waals surface area contributed by atoms with Gasteiger partial charge in [0.2, 0.25) is 0 Å². The Bertz CT molecular complexity index is 334. The van der Waals surface area contributed by atoms with Crippen LogP contribution in [0.15, 0.2) is 5.38 Å². The molecule has 1 heterocycles. The van der Waals surface area contributed by atoms with Crippen LogP contribution in [0.5, 0.6) is 0 Å². The Labute approximate surface area is 95.9 Å². The fourth-order valence-electron chi connectivity index (χ4n) is 2.56. The van der Waals surface area contributed by atoms with E-state index in [1.807, 2.05) is 6.92 Å². The predicted octanol–water partition coefficient (Wildman–Crippen LogP) is 2.90. The molecule has 0 bridgehead atoms. The Morgan fingerprint density at radius 2 is 2.47 bits per heavy atom. The van der Waals surface area contributed by atoms with E-state index in [1.54, 1.807) is 11.3 Å². The van der Waals surface area contributed by atoms with E-state index in [0.717, 1.165) is 18.0 Å². The zero-order valence-electron chi connectivity index (χ0n) is 9.62. The Hall–Kier alpha value is -0.410. The predicted molar refractivity (Wildman–Crippen MR) is 65.1 cm³/mol. The minimum atomic E-state index is 0.0327. The number of rotatable bonds is 3. The summed E-state index contributed by atoms with van der Waals surface area (Å²) in [5.41, 5.74) is 7.59. The fraction of sp³-hybridized carbons (Fsp3) is 0.750. The average molecular weight is 224 g/mol. The molecule has 0 amide bonds. The van der Waals surface area contributed by atoms with Gasteiger partial charge in [0.1, 0.15) is 0 Å². The molecule has 1 aromatic rings. The van der Waals surface area contributed by atoms with Crippen molar-refractivity contribution in [2.24, 2.45) is 11.7 Å². The molecule has 0 aromatic carbocycles. The maximum absolute atomic E-state index is 6.43. The van der Waals surface area contributed by atoms with Crippen molar-refractivity contribution in [2.45, 2.75) is 51.5 Å². The summed E-state index contributed by atoms with van der Waals surface area (Å²) in [6.45, 7) is 4.32. The molecule has 0 spiro atoms. The SMILES string of the molecule is CCC1CCC(N)(Cc2nc(C)cs2)C1. The highest BCUT2D eigenvalue weighted by Gasteiger charge is 2.35. The van der Waals surface area contributed by atoms with Crippen LogP contribution < -0.4 is 5.73 Å². The summed E-state index contributed by atoms with van der Waals surface area (Å²) < 4.78 is 0. The van der Waals surface area contributed by atoms with Crippen LogP contribution in [-0.4, -0.2) is 10.5 Å². The van der Waals surface area contributed by atoms with Crippen LogP contribution >= 0.6 is 11.3 Å². The van der Waals surface area contributed by atoms with Gasteiger partial charge in [0.25, 0.3) is 0 Å². The molecule has 1 aliphatic carbocycles. The van der Waals surface area contributed by atoms with E-state index in [9.17, 15) is 0 Å². The first-order chi connectivity index (χ1) is 7.11. The van der Waals surface area contributed by atoms with Crippen LogP contribution in [0.2, 0.25) is 0 Å². The standard InChI is InChI=1S/C12H20N2S/c1-3-10-4-5-12(13,6-10)7-11-14-9(2)8-15-11/h8,10H,3-7,13H2,1-2H3. The van der Waals surface area contributed by atoms with Gasteiger partial charge in [-0.2, -0.15) is 0 Å². The Kier molecular flexibility index (Phi) is 3.12. The molecule has 1 saturated carbocycles. The quantitative estimate of drug-likeness (QED) is 0.857. The smallest absolute Gasteiger partial charge is 0.0946 e. The molecule has 2 nitrogen and oxygen atoms in total. The fourth-order valence-corrected chi connectivity index (χ4v) is 3.49. The van der Waals surface area contributed by atoms with Crippen molar-refractivity contribution in [2.75, 3.05) is 0 Å². The van der Waals surface area contributed by atoms with Gasteiger partial charge in [-0.15, -0.1) is 11.3 Å². The molecule has 1 fully saturated rings. The minimum Gasteiger partial charge on any atom is -0.325 e. The molecule has 15 heavy (non-hydrogen) atoms. The normalized spacial score (nSPS) is 31.0. The summed E-state index contributed by atoms with van der Waals surface area (Å²) in [6.07, 6.45) is 5.90. The minimum absolute atomic E-state index is 0.0327. The van der Waals surface area contributed by atoms with Crippen molar-refractivity contribution >= 4 is 11.3 Å². The summed E-state index contributed by atoms with van der Waals surface area (Å²) in [5.74, 6) is 0.844. The highest BCUT2D eigenvalue weighted by Crippen LogP contribution is 2.37. The van der Waals surface area contributed by atoms with Crippen LogP contribution in [-0.2, 0) is 6.42 Å². The van der Waals surface area contributed by atoms with Gasteiger partial charge in [-0.05, 0) is 32.1 Å².